The largest absolute Gasteiger partial charge is 0.379 e. The number of carbonyl (C=O) groups excluding carboxylic acids is 8. The first-order valence-corrected chi connectivity index (χ1v) is 35.3. The number of carbonyl (C=O) groups is 8. The fraction of sp³-hybridized carbons (Fsp3) is 0.568. The van der Waals surface area contributed by atoms with Gasteiger partial charge in [-0.2, -0.15) is 0 Å². The molecule has 22 nitrogen and oxygen atoms in total. The molecule has 4 aromatic rings. The van der Waals surface area contributed by atoms with Gasteiger partial charge in [-0.05, 0) is 138 Å². The topological polar surface area (TPSA) is 282 Å². The predicted molar refractivity (Wildman–Crippen MR) is 367 cm³/mol. The van der Waals surface area contributed by atoms with E-state index in [-0.39, 0.29) is 85.7 Å². The van der Waals surface area contributed by atoms with Gasteiger partial charge in [-0.1, -0.05) is 135 Å². The minimum Gasteiger partial charge on any atom is -0.379 e. The highest BCUT2D eigenvalue weighted by molar-refractivity contribution is 5.97. The van der Waals surface area contributed by atoms with Crippen LogP contribution in [0.15, 0.2) is 121 Å². The van der Waals surface area contributed by atoms with E-state index in [0.29, 0.717) is 127 Å². The van der Waals surface area contributed by atoms with E-state index in [2.05, 4.69) is 53.2 Å². The van der Waals surface area contributed by atoms with Gasteiger partial charge in [-0.25, -0.2) is 0 Å². The molecule has 1 aliphatic carbocycles. The second-order valence-corrected chi connectivity index (χ2v) is 26.7. The van der Waals surface area contributed by atoms with Crippen molar-refractivity contribution in [1.82, 2.24) is 63.0 Å². The number of fused-ring (bicyclic) bond motifs is 2. The lowest BCUT2D eigenvalue weighted by Crippen LogP contribution is -2.59. The molecule has 4 saturated heterocycles. The molecule has 12 atom stereocenters. The maximum Gasteiger partial charge on any atom is 0.247 e. The van der Waals surface area contributed by atoms with E-state index in [9.17, 15) is 38.4 Å². The number of nitrogens with one attached hydrogen (secondary N) is 10. The van der Waals surface area contributed by atoms with Crippen LogP contribution in [0.25, 0.3) is 0 Å². The monoisotopic (exact) mass is 1320 g/mol. The molecule has 0 bridgehead atoms. The average Bonchev–Trinajstić information content (AvgIpc) is 1.64. The molecule has 5 aliphatic rings. The molecule has 4 aromatic carbocycles. The number of ether oxygens (including phenoxy) is 2. The van der Waals surface area contributed by atoms with Gasteiger partial charge in [-0.3, -0.25) is 38.4 Å². The Bertz CT molecular complexity index is 2910. The molecular weight excluding hydrogens is 1220 g/mol. The third-order valence-electron chi connectivity index (χ3n) is 20.4. The van der Waals surface area contributed by atoms with Gasteiger partial charge < -0.3 is 72.4 Å². The molecule has 0 spiro atoms. The quantitative estimate of drug-likeness (QED) is 0.0280. The van der Waals surface area contributed by atoms with Crippen LogP contribution in [0.5, 0.6) is 0 Å². The molecule has 5 fully saturated rings. The van der Waals surface area contributed by atoms with E-state index in [1.54, 1.807) is 48.2 Å². The maximum absolute atomic E-state index is 14.8. The van der Waals surface area contributed by atoms with E-state index < -0.39 is 60.1 Å². The Kier molecular flexibility index (Phi) is 28.2. The second-order valence-electron chi connectivity index (χ2n) is 26.7. The third-order valence-corrected chi connectivity index (χ3v) is 20.4. The maximum atomic E-state index is 14.8. The Morgan fingerprint density at radius 2 is 0.812 bits per heavy atom. The molecule has 22 heteroatoms. The third kappa shape index (κ3) is 19.8. The number of hydrogen-bond acceptors (Lipinski definition) is 14. The van der Waals surface area contributed by atoms with Crippen molar-refractivity contribution in [2.24, 2.45) is 23.7 Å². The lowest BCUT2D eigenvalue weighted by molar-refractivity contribution is -0.144. The van der Waals surface area contributed by atoms with Gasteiger partial charge in [0.1, 0.15) is 36.3 Å². The van der Waals surface area contributed by atoms with Crippen molar-refractivity contribution in [3.05, 3.63) is 144 Å². The summed E-state index contributed by atoms with van der Waals surface area (Å²) in [5.74, 6) is -2.42. The Hall–Kier alpha value is -7.60. The number of hydrogen-bond donors (Lipinski definition) is 10. The molecule has 0 unspecified atom stereocenters. The van der Waals surface area contributed by atoms with Crippen molar-refractivity contribution in [2.75, 3.05) is 66.7 Å². The van der Waals surface area contributed by atoms with Gasteiger partial charge in [-0.15, -0.1) is 0 Å². The lowest BCUT2D eigenvalue weighted by Gasteiger charge is -2.33. The standard InChI is InChI=1S/C74H104N12O10/c1-5-59(75-3)67(87)83-65-55(45-77-43-49-19-11-7-12-20-49)31-33-57-35-37-61(85(57)73(65)93)69(89)81-63(53-23-15-9-16-24-53)71(91)79-39-41-95-47-51-27-29-52(30-28-51)48-96-42-40-80-72(92)64(54-25-17-10-18-26-54)82-70(90)62-38-36-58-34-32-56(46-78-44-50-21-13-8-14-22-50)66(74(94)86(58)62)84-68(88)60(6-2)76-4/h7-26,51-52,55-66,75-78H,5-6,27-48H2,1-4H3,(H,79,91)(H,80,92)(H,81,89)(H,82,90)(H,83,87)(H,84,88)/t51?,52?,55-,56-,57+,58+,59+,60+,61+,62+,63+,64+,65+,66+/m1/s1. The predicted octanol–water partition coefficient (Wildman–Crippen LogP) is 4.86. The molecule has 4 aliphatic heterocycles. The van der Waals surface area contributed by atoms with E-state index in [1.165, 1.54) is 0 Å². The average molecular weight is 1320 g/mol. The zero-order valence-electron chi connectivity index (χ0n) is 56.6. The Labute approximate surface area is 566 Å². The number of amides is 8. The van der Waals surface area contributed by atoms with Crippen molar-refractivity contribution in [2.45, 2.75) is 177 Å². The summed E-state index contributed by atoms with van der Waals surface area (Å²) in [6.07, 6.45) is 9.77. The summed E-state index contributed by atoms with van der Waals surface area (Å²) in [6, 6.07) is 31.5. The van der Waals surface area contributed by atoms with E-state index in [0.717, 1.165) is 36.8 Å². The van der Waals surface area contributed by atoms with Gasteiger partial charge in [0.05, 0.1) is 25.3 Å². The highest BCUT2D eigenvalue weighted by Crippen LogP contribution is 2.37. The van der Waals surface area contributed by atoms with Gasteiger partial charge in [0.25, 0.3) is 0 Å². The summed E-state index contributed by atoms with van der Waals surface area (Å²) in [5.41, 5.74) is 3.44. The van der Waals surface area contributed by atoms with Crippen LogP contribution >= 0.6 is 0 Å². The summed E-state index contributed by atoms with van der Waals surface area (Å²) in [7, 11) is 3.45. The SMILES string of the molecule is CC[C@H](NC)C(=O)N[C@@H]1C(=O)N2[C@@H](CC[C@@H]1CNCc1ccccc1)CC[C@H]2C(=O)N[C@H](C(=O)NCCOCC1CCC(COCCNC(=O)[C@@H](NC(=O)[C@@H]2CC[C@@H]3CC[C@H](CNCc4ccccc4)[C@H](NC(=O)[C@H](CC)NC)C(=O)N32)c2ccccc2)CC1)c1ccccc1. The van der Waals surface area contributed by atoms with Gasteiger partial charge >= 0.3 is 0 Å². The van der Waals surface area contributed by atoms with Crippen LogP contribution in [0.2, 0.25) is 0 Å². The summed E-state index contributed by atoms with van der Waals surface area (Å²) in [6.45, 7) is 8.16. The summed E-state index contributed by atoms with van der Waals surface area (Å²) in [4.78, 5) is 117. The van der Waals surface area contributed by atoms with Crippen LogP contribution in [0.1, 0.15) is 138 Å². The molecule has 520 valence electrons. The first-order valence-electron chi connectivity index (χ1n) is 35.3. The smallest absolute Gasteiger partial charge is 0.247 e. The summed E-state index contributed by atoms with van der Waals surface area (Å²) < 4.78 is 12.3. The molecule has 4 heterocycles. The van der Waals surface area contributed by atoms with Crippen LogP contribution in [-0.4, -0.2) is 172 Å². The van der Waals surface area contributed by atoms with E-state index >= 15 is 0 Å². The lowest BCUT2D eigenvalue weighted by atomic mass is 9.83. The molecule has 96 heavy (non-hydrogen) atoms. The zero-order chi connectivity index (χ0) is 67.8. The fourth-order valence-electron chi connectivity index (χ4n) is 14.9. The molecule has 9 rings (SSSR count). The zero-order valence-corrected chi connectivity index (χ0v) is 56.6. The molecule has 10 N–H and O–H groups in total. The molecular formula is C74H104N12O10. The van der Waals surface area contributed by atoms with E-state index in [1.807, 2.05) is 111 Å². The summed E-state index contributed by atoms with van der Waals surface area (Å²) in [5, 5.41) is 31.3. The van der Waals surface area contributed by atoms with Gasteiger partial charge in [0.15, 0.2) is 0 Å². The highest BCUT2D eigenvalue weighted by atomic mass is 16.5. The Morgan fingerprint density at radius 3 is 1.17 bits per heavy atom. The minimum atomic E-state index is -1.02. The summed E-state index contributed by atoms with van der Waals surface area (Å²) >= 11 is 0. The minimum absolute atomic E-state index is 0.183. The van der Waals surface area contributed by atoms with Crippen molar-refractivity contribution in [3.8, 4) is 0 Å². The second kappa shape index (κ2) is 37.2. The van der Waals surface area contributed by atoms with Crippen LogP contribution in [0, 0.1) is 23.7 Å². The molecule has 1 saturated carbocycles. The van der Waals surface area contributed by atoms with Crippen molar-refractivity contribution < 1.29 is 47.8 Å². The van der Waals surface area contributed by atoms with Crippen molar-refractivity contribution in [1.29, 1.82) is 0 Å². The number of benzene rings is 4. The highest BCUT2D eigenvalue weighted by Gasteiger charge is 2.50. The Balaban J connectivity index is 0.702. The van der Waals surface area contributed by atoms with Gasteiger partial charge in [0.2, 0.25) is 47.3 Å². The van der Waals surface area contributed by atoms with Crippen LogP contribution in [0.3, 0.4) is 0 Å². The van der Waals surface area contributed by atoms with Crippen LogP contribution < -0.4 is 53.2 Å². The first kappa shape index (κ1) is 72.7. The van der Waals surface area contributed by atoms with Crippen molar-refractivity contribution >= 4 is 47.3 Å². The van der Waals surface area contributed by atoms with Crippen LogP contribution in [-0.2, 0) is 60.9 Å². The normalized spacial score (nSPS) is 24.6. The Morgan fingerprint density at radius 1 is 0.458 bits per heavy atom. The molecule has 0 radical (unpaired) electrons. The van der Waals surface area contributed by atoms with Gasteiger partial charge in [0, 0.05) is 76.4 Å². The van der Waals surface area contributed by atoms with E-state index in [4.69, 9.17) is 9.47 Å². The number of rotatable bonds is 34. The number of likely N-dealkylation sites (N-methyl/N-ethyl adjacent to an activating group) is 2. The fourth-order valence-corrected chi connectivity index (χ4v) is 14.9. The van der Waals surface area contributed by atoms with Crippen LogP contribution in [0.4, 0.5) is 0 Å². The molecule has 8 amide bonds. The van der Waals surface area contributed by atoms with Crippen molar-refractivity contribution in [3.63, 3.8) is 0 Å². The molecule has 0 aromatic heterocycles. The number of nitrogens with zero attached hydrogens (tertiary/aromatic N) is 2. The first-order chi connectivity index (χ1) is 46.8.